The summed E-state index contributed by atoms with van der Waals surface area (Å²) in [5, 5.41) is 16.9. The molecular formula is C8H10O4. The van der Waals surface area contributed by atoms with Gasteiger partial charge in [0.2, 0.25) is 0 Å². The molecule has 0 bridgehead atoms. The Balaban J connectivity index is 4.73. The summed E-state index contributed by atoms with van der Waals surface area (Å²) in [5.41, 5.74) is 0.252. The predicted molar refractivity (Wildman–Crippen MR) is 42.8 cm³/mol. The molecule has 4 nitrogen and oxygen atoms in total. The Bertz CT molecular complexity index is 250. The molecule has 0 aliphatic heterocycles. The van der Waals surface area contributed by atoms with Crippen LogP contribution >= 0.6 is 0 Å². The van der Waals surface area contributed by atoms with Crippen LogP contribution in [0.3, 0.4) is 0 Å². The molecule has 66 valence electrons. The van der Waals surface area contributed by atoms with Gasteiger partial charge >= 0.3 is 11.9 Å². The summed E-state index contributed by atoms with van der Waals surface area (Å²) in [6.45, 7) is 4.68. The van der Waals surface area contributed by atoms with Crippen LogP contribution in [0.1, 0.15) is 13.3 Å². The maximum Gasteiger partial charge on any atom is 0.331 e. The number of hydrogen-bond donors (Lipinski definition) is 2. The van der Waals surface area contributed by atoms with Crippen LogP contribution in [0.5, 0.6) is 0 Å². The number of carbonyl (C=O) groups is 2. The van der Waals surface area contributed by atoms with Gasteiger partial charge in [0.15, 0.2) is 0 Å². The molecule has 4 heteroatoms. The molecule has 0 fully saturated rings. The van der Waals surface area contributed by atoms with E-state index in [1.807, 2.05) is 0 Å². The van der Waals surface area contributed by atoms with Crippen LogP contribution in [-0.4, -0.2) is 22.2 Å². The van der Waals surface area contributed by atoms with Gasteiger partial charge in [-0.15, -0.1) is 0 Å². The van der Waals surface area contributed by atoms with E-state index in [2.05, 4.69) is 6.58 Å². The third kappa shape index (κ3) is 3.01. The largest absolute Gasteiger partial charge is 0.481 e. The molecule has 0 atom stereocenters. The summed E-state index contributed by atoms with van der Waals surface area (Å²) < 4.78 is 0. The quantitative estimate of drug-likeness (QED) is 0.488. The third-order valence-corrected chi connectivity index (χ3v) is 1.39. The highest BCUT2D eigenvalue weighted by Gasteiger charge is 2.09. The van der Waals surface area contributed by atoms with Gasteiger partial charge < -0.3 is 10.2 Å². The van der Waals surface area contributed by atoms with Gasteiger partial charge in [-0.05, 0) is 12.5 Å². The van der Waals surface area contributed by atoms with Crippen LogP contribution in [0.4, 0.5) is 0 Å². The fraction of sp³-hybridized carbons (Fsp3) is 0.250. The summed E-state index contributed by atoms with van der Waals surface area (Å²) >= 11 is 0. The first-order chi connectivity index (χ1) is 5.49. The number of rotatable bonds is 4. The van der Waals surface area contributed by atoms with Crippen LogP contribution in [0.15, 0.2) is 23.8 Å². The van der Waals surface area contributed by atoms with Gasteiger partial charge in [-0.3, -0.25) is 4.79 Å². The molecule has 0 aromatic heterocycles. The normalized spacial score (nSPS) is 11.8. The van der Waals surface area contributed by atoms with E-state index in [4.69, 9.17) is 10.2 Å². The highest BCUT2D eigenvalue weighted by atomic mass is 16.4. The van der Waals surface area contributed by atoms with Crippen molar-refractivity contribution in [2.45, 2.75) is 13.3 Å². The van der Waals surface area contributed by atoms with E-state index < -0.39 is 11.9 Å². The van der Waals surface area contributed by atoms with E-state index in [1.54, 1.807) is 0 Å². The minimum Gasteiger partial charge on any atom is -0.481 e. The number of allylic oxidation sites excluding steroid dienone is 1. The Morgan fingerprint density at radius 2 is 1.92 bits per heavy atom. The lowest BCUT2D eigenvalue weighted by atomic mass is 10.1. The monoisotopic (exact) mass is 170 g/mol. The molecule has 0 aliphatic rings. The molecule has 0 aliphatic carbocycles. The lowest BCUT2D eigenvalue weighted by Crippen LogP contribution is -2.04. The molecule has 0 aromatic carbocycles. The third-order valence-electron chi connectivity index (χ3n) is 1.39. The van der Waals surface area contributed by atoms with Crippen LogP contribution in [0.25, 0.3) is 0 Å². The summed E-state index contributed by atoms with van der Waals surface area (Å²) in [5.74, 6) is -2.18. The van der Waals surface area contributed by atoms with Crippen LogP contribution < -0.4 is 0 Å². The van der Waals surface area contributed by atoms with Crippen LogP contribution in [0.2, 0.25) is 0 Å². The van der Waals surface area contributed by atoms with E-state index >= 15 is 0 Å². The molecule has 0 spiro atoms. The molecule has 0 saturated carbocycles. The SMILES string of the molecule is C=CC(CC(=O)O)=C(C)C(=O)O. The zero-order valence-corrected chi connectivity index (χ0v) is 6.70. The highest BCUT2D eigenvalue weighted by Crippen LogP contribution is 2.09. The highest BCUT2D eigenvalue weighted by molar-refractivity contribution is 5.88. The second-order valence-electron chi connectivity index (χ2n) is 2.23. The first-order valence-electron chi connectivity index (χ1n) is 3.26. The molecule has 0 amide bonds. The summed E-state index contributed by atoms with van der Waals surface area (Å²) in [6.07, 6.45) is 0.944. The Kier molecular flexibility index (Phi) is 3.76. The minimum atomic E-state index is -1.12. The van der Waals surface area contributed by atoms with Crippen molar-refractivity contribution < 1.29 is 19.8 Å². The fourth-order valence-electron chi connectivity index (χ4n) is 0.658. The number of hydrogen-bond acceptors (Lipinski definition) is 2. The molecule has 0 heterocycles. The van der Waals surface area contributed by atoms with Crippen molar-refractivity contribution in [3.8, 4) is 0 Å². The van der Waals surface area contributed by atoms with Crippen molar-refractivity contribution >= 4 is 11.9 Å². The Morgan fingerprint density at radius 1 is 1.42 bits per heavy atom. The topological polar surface area (TPSA) is 74.6 Å². The molecule has 0 unspecified atom stereocenters. The molecule has 0 radical (unpaired) electrons. The van der Waals surface area contributed by atoms with E-state index in [0.29, 0.717) is 0 Å². The first-order valence-corrected chi connectivity index (χ1v) is 3.26. The van der Waals surface area contributed by atoms with E-state index in [0.717, 1.165) is 0 Å². The maximum absolute atomic E-state index is 10.4. The number of aliphatic carboxylic acids is 2. The Hall–Kier alpha value is -1.58. The van der Waals surface area contributed by atoms with Crippen molar-refractivity contribution in [3.63, 3.8) is 0 Å². The summed E-state index contributed by atoms with van der Waals surface area (Å²) in [4.78, 5) is 20.6. The van der Waals surface area contributed by atoms with Crippen molar-refractivity contribution in [2.24, 2.45) is 0 Å². The zero-order valence-electron chi connectivity index (χ0n) is 6.70. The minimum absolute atomic E-state index is 0.0207. The van der Waals surface area contributed by atoms with E-state index in [-0.39, 0.29) is 17.6 Å². The van der Waals surface area contributed by atoms with Crippen molar-refractivity contribution in [2.75, 3.05) is 0 Å². The van der Waals surface area contributed by atoms with E-state index in [1.165, 1.54) is 13.0 Å². The zero-order chi connectivity index (χ0) is 9.72. The van der Waals surface area contributed by atoms with E-state index in [9.17, 15) is 9.59 Å². The molecule has 2 N–H and O–H groups in total. The smallest absolute Gasteiger partial charge is 0.331 e. The summed E-state index contributed by atoms with van der Waals surface area (Å²) in [6, 6.07) is 0. The fourth-order valence-corrected chi connectivity index (χ4v) is 0.658. The lowest BCUT2D eigenvalue weighted by Gasteiger charge is -2.00. The molecule has 0 aromatic rings. The number of carboxylic acids is 2. The van der Waals surface area contributed by atoms with Crippen LogP contribution in [0, 0.1) is 0 Å². The maximum atomic E-state index is 10.4. The molecule has 0 rings (SSSR count). The molecule has 12 heavy (non-hydrogen) atoms. The average Bonchev–Trinajstić information content (AvgIpc) is 1.98. The second-order valence-corrected chi connectivity index (χ2v) is 2.23. The van der Waals surface area contributed by atoms with Gasteiger partial charge in [0, 0.05) is 5.57 Å². The Morgan fingerprint density at radius 3 is 2.17 bits per heavy atom. The standard InChI is InChI=1S/C8H10O4/c1-3-6(4-7(9)10)5(2)8(11)12/h3H,1,4H2,2H3,(H,9,10)(H,11,12). The van der Waals surface area contributed by atoms with Crippen molar-refractivity contribution in [3.05, 3.63) is 23.8 Å². The lowest BCUT2D eigenvalue weighted by molar-refractivity contribution is -0.136. The van der Waals surface area contributed by atoms with Gasteiger partial charge in [0.25, 0.3) is 0 Å². The second kappa shape index (κ2) is 4.33. The van der Waals surface area contributed by atoms with Crippen LogP contribution in [-0.2, 0) is 9.59 Å². The molecule has 0 saturated heterocycles. The van der Waals surface area contributed by atoms with Gasteiger partial charge in [-0.1, -0.05) is 12.7 Å². The van der Waals surface area contributed by atoms with Gasteiger partial charge in [-0.25, -0.2) is 4.79 Å². The van der Waals surface area contributed by atoms with Gasteiger partial charge in [0.1, 0.15) is 0 Å². The molecular weight excluding hydrogens is 160 g/mol. The van der Waals surface area contributed by atoms with Gasteiger partial charge in [0.05, 0.1) is 6.42 Å². The van der Waals surface area contributed by atoms with Gasteiger partial charge in [-0.2, -0.15) is 0 Å². The van der Waals surface area contributed by atoms with Crippen molar-refractivity contribution in [1.82, 2.24) is 0 Å². The first kappa shape index (κ1) is 10.4. The summed E-state index contributed by atoms with van der Waals surface area (Å²) in [7, 11) is 0. The Labute approximate surface area is 69.8 Å². The van der Waals surface area contributed by atoms with Crippen molar-refractivity contribution in [1.29, 1.82) is 0 Å². The predicted octanol–water partition coefficient (Wildman–Crippen LogP) is 1.05. The number of carboxylic acid groups (broad SMARTS) is 2. The average molecular weight is 170 g/mol.